The molecule has 1 aromatic carbocycles. The van der Waals surface area contributed by atoms with Gasteiger partial charge in [-0.25, -0.2) is 0 Å². The second-order valence-corrected chi connectivity index (χ2v) is 4.66. The van der Waals surface area contributed by atoms with Crippen molar-refractivity contribution < 1.29 is 14.3 Å². The van der Waals surface area contributed by atoms with Gasteiger partial charge >= 0.3 is 0 Å². The maximum absolute atomic E-state index is 12.2. The Morgan fingerprint density at radius 2 is 1.95 bits per heavy atom. The average Bonchev–Trinajstić information content (AvgIpc) is 2.75. The van der Waals surface area contributed by atoms with Crippen molar-refractivity contribution in [1.29, 1.82) is 0 Å². The molecule has 108 valence electrons. The van der Waals surface area contributed by atoms with Crippen LogP contribution in [0.4, 0.5) is 0 Å². The Morgan fingerprint density at radius 3 is 2.55 bits per heavy atom. The van der Waals surface area contributed by atoms with Crippen LogP contribution in [0, 0.1) is 0 Å². The van der Waals surface area contributed by atoms with Crippen LogP contribution in [0.25, 0.3) is 0 Å². The summed E-state index contributed by atoms with van der Waals surface area (Å²) in [5.41, 5.74) is 0.0331. The van der Waals surface area contributed by atoms with Crippen LogP contribution in [0.15, 0.2) is 29.3 Å². The molecule has 6 nitrogen and oxygen atoms in total. The number of hydrogen-bond acceptors (Lipinski definition) is 4. The van der Waals surface area contributed by atoms with Gasteiger partial charge in [-0.3, -0.25) is 15.1 Å². The van der Waals surface area contributed by atoms with Crippen LogP contribution in [0.1, 0.15) is 12.5 Å². The van der Waals surface area contributed by atoms with E-state index >= 15 is 0 Å². The number of nitrogens with one attached hydrogen (secondary N) is 2. The number of methoxy groups -OCH3 is 2. The number of benzene rings is 1. The van der Waals surface area contributed by atoms with Crippen LogP contribution in [-0.4, -0.2) is 39.2 Å². The van der Waals surface area contributed by atoms with Gasteiger partial charge in [0.15, 0.2) is 5.96 Å². The van der Waals surface area contributed by atoms with Gasteiger partial charge in [0.25, 0.3) is 5.91 Å². The predicted molar refractivity (Wildman–Crippen MR) is 75.8 cm³/mol. The van der Waals surface area contributed by atoms with Crippen LogP contribution >= 0.6 is 0 Å². The molecule has 6 heteroatoms. The fourth-order valence-electron chi connectivity index (χ4n) is 2.01. The Labute approximate surface area is 118 Å². The van der Waals surface area contributed by atoms with Crippen LogP contribution in [0.3, 0.4) is 0 Å². The quantitative estimate of drug-likeness (QED) is 0.774. The number of hydrogen-bond donors (Lipinski definition) is 2. The molecule has 1 amide bonds. The van der Waals surface area contributed by atoms with Crippen molar-refractivity contribution in [3.05, 3.63) is 29.8 Å². The van der Waals surface area contributed by atoms with E-state index in [9.17, 15) is 4.79 Å². The number of ether oxygens (including phenoxy) is 2. The molecule has 0 spiro atoms. The topological polar surface area (TPSA) is 72.0 Å². The minimum atomic E-state index is -0.821. The molecule has 1 fully saturated rings. The van der Waals surface area contributed by atoms with Gasteiger partial charge in [0.1, 0.15) is 11.3 Å². The first kappa shape index (κ1) is 14.3. The van der Waals surface area contributed by atoms with Gasteiger partial charge in [0, 0.05) is 7.11 Å². The highest BCUT2D eigenvalue weighted by Crippen LogP contribution is 2.26. The molecule has 1 unspecified atom stereocenters. The van der Waals surface area contributed by atoms with Crippen LogP contribution in [0.5, 0.6) is 5.75 Å². The molecule has 1 saturated heterocycles. The molecule has 0 aromatic heterocycles. The zero-order valence-electron chi connectivity index (χ0n) is 11.9. The van der Waals surface area contributed by atoms with E-state index in [-0.39, 0.29) is 5.91 Å². The molecule has 2 N–H and O–H groups in total. The van der Waals surface area contributed by atoms with E-state index in [1.807, 2.05) is 31.2 Å². The number of rotatable bonds is 5. The number of nitrogens with zero attached hydrogens (tertiary/aromatic N) is 1. The molecule has 1 atom stereocenters. The molecule has 1 aromatic rings. The van der Waals surface area contributed by atoms with Crippen LogP contribution in [0.2, 0.25) is 0 Å². The van der Waals surface area contributed by atoms with Gasteiger partial charge in [-0.05, 0) is 24.6 Å². The summed E-state index contributed by atoms with van der Waals surface area (Å²) in [4.78, 5) is 16.4. The minimum Gasteiger partial charge on any atom is -0.497 e. The Morgan fingerprint density at radius 1 is 1.25 bits per heavy atom. The van der Waals surface area contributed by atoms with Crippen molar-refractivity contribution in [3.63, 3.8) is 0 Å². The molecule has 0 radical (unpaired) electrons. The smallest absolute Gasteiger partial charge is 0.256 e. The molecule has 2 rings (SSSR count). The highest BCUT2D eigenvalue weighted by Gasteiger charge is 2.42. The fourth-order valence-corrected chi connectivity index (χ4v) is 2.01. The van der Waals surface area contributed by atoms with E-state index in [0.717, 1.165) is 11.3 Å². The summed E-state index contributed by atoms with van der Waals surface area (Å²) in [5.74, 6) is 1.11. The molecule has 20 heavy (non-hydrogen) atoms. The van der Waals surface area contributed by atoms with Crippen LogP contribution < -0.4 is 15.4 Å². The van der Waals surface area contributed by atoms with Crippen molar-refractivity contribution in [1.82, 2.24) is 10.6 Å². The first-order valence-electron chi connectivity index (χ1n) is 6.37. The standard InChI is InChI=1S/C14H19N3O3/c1-14(10-4-6-11(20-3)7-5-10)12(18)16-13(17-14)15-8-9-19-2/h4-7H,8-9H2,1-3H3,(H2,15,16,17,18). The van der Waals surface area contributed by atoms with Gasteiger partial charge in [-0.1, -0.05) is 12.1 Å². The molecule has 1 heterocycles. The first-order valence-corrected chi connectivity index (χ1v) is 6.37. The first-order chi connectivity index (χ1) is 9.60. The summed E-state index contributed by atoms with van der Waals surface area (Å²) >= 11 is 0. The summed E-state index contributed by atoms with van der Waals surface area (Å²) in [6.07, 6.45) is 0. The number of aliphatic imine (C=N–C) groups is 1. The lowest BCUT2D eigenvalue weighted by Crippen LogP contribution is -2.40. The molecule has 0 aliphatic carbocycles. The van der Waals surface area contributed by atoms with Crippen molar-refractivity contribution in [2.45, 2.75) is 12.5 Å². The second kappa shape index (κ2) is 5.92. The maximum Gasteiger partial charge on any atom is 0.256 e. The van der Waals surface area contributed by atoms with Crippen LogP contribution in [-0.2, 0) is 15.1 Å². The number of guanidine groups is 1. The lowest BCUT2D eigenvalue weighted by Gasteiger charge is -2.21. The summed E-state index contributed by atoms with van der Waals surface area (Å²) in [6, 6.07) is 7.39. The van der Waals surface area contributed by atoms with Crippen molar-refractivity contribution >= 4 is 11.9 Å². The van der Waals surface area contributed by atoms with E-state index in [4.69, 9.17) is 9.47 Å². The summed E-state index contributed by atoms with van der Waals surface area (Å²) < 4.78 is 10.0. The summed E-state index contributed by atoms with van der Waals surface area (Å²) in [6.45, 7) is 2.83. The third kappa shape index (κ3) is 2.75. The third-order valence-electron chi connectivity index (χ3n) is 3.29. The van der Waals surface area contributed by atoms with E-state index < -0.39 is 5.54 Å². The molecular weight excluding hydrogens is 258 g/mol. The average molecular weight is 277 g/mol. The lowest BCUT2D eigenvalue weighted by atomic mass is 9.92. The van der Waals surface area contributed by atoms with Crippen molar-refractivity contribution in [2.24, 2.45) is 4.99 Å². The minimum absolute atomic E-state index is 0.126. The van der Waals surface area contributed by atoms with E-state index in [1.54, 1.807) is 14.2 Å². The summed E-state index contributed by atoms with van der Waals surface area (Å²) in [5, 5.41) is 5.87. The zero-order chi connectivity index (χ0) is 14.6. The second-order valence-electron chi connectivity index (χ2n) is 4.66. The lowest BCUT2D eigenvalue weighted by molar-refractivity contribution is -0.123. The molecule has 1 aliphatic heterocycles. The monoisotopic (exact) mass is 277 g/mol. The van der Waals surface area contributed by atoms with E-state index in [2.05, 4.69) is 15.6 Å². The number of carbonyl (C=O) groups is 1. The van der Waals surface area contributed by atoms with E-state index in [0.29, 0.717) is 19.1 Å². The Kier molecular flexibility index (Phi) is 4.24. The van der Waals surface area contributed by atoms with Gasteiger partial charge < -0.3 is 14.8 Å². The summed E-state index contributed by atoms with van der Waals surface area (Å²) in [7, 11) is 3.22. The molecule has 0 saturated carbocycles. The number of amides is 1. The van der Waals surface area contributed by atoms with Crippen molar-refractivity contribution in [2.75, 3.05) is 27.4 Å². The highest BCUT2D eigenvalue weighted by atomic mass is 16.5. The third-order valence-corrected chi connectivity index (χ3v) is 3.29. The highest BCUT2D eigenvalue weighted by molar-refractivity contribution is 6.09. The molecule has 0 bridgehead atoms. The SMILES string of the molecule is COCCN=C1NC(=O)C(C)(c2ccc(OC)cc2)N1. The normalized spacial score (nSPS) is 23.6. The van der Waals surface area contributed by atoms with Gasteiger partial charge in [0.2, 0.25) is 0 Å². The molecule has 1 aliphatic rings. The van der Waals surface area contributed by atoms with Gasteiger partial charge in [-0.15, -0.1) is 0 Å². The van der Waals surface area contributed by atoms with E-state index in [1.165, 1.54) is 0 Å². The fraction of sp³-hybridized carbons (Fsp3) is 0.429. The van der Waals surface area contributed by atoms with Gasteiger partial charge in [-0.2, -0.15) is 0 Å². The largest absolute Gasteiger partial charge is 0.497 e. The Bertz CT molecular complexity index is 513. The Balaban J connectivity index is 2.17. The predicted octanol–water partition coefficient (Wildman–Crippen LogP) is 0.632. The number of carbonyl (C=O) groups excluding carboxylic acids is 1. The van der Waals surface area contributed by atoms with Gasteiger partial charge in [0.05, 0.1) is 20.3 Å². The van der Waals surface area contributed by atoms with Crippen molar-refractivity contribution in [3.8, 4) is 5.75 Å². The zero-order valence-corrected chi connectivity index (χ0v) is 11.9. The molecular formula is C14H19N3O3. The Hall–Kier alpha value is -2.08. The maximum atomic E-state index is 12.2.